The van der Waals surface area contributed by atoms with Crippen molar-refractivity contribution in [2.75, 3.05) is 20.0 Å². The molecule has 0 aliphatic heterocycles. The van der Waals surface area contributed by atoms with E-state index < -0.39 is 12.1 Å². The first-order valence-corrected chi connectivity index (χ1v) is 7.07. The molecule has 0 radical (unpaired) electrons. The molecule has 0 bridgehead atoms. The van der Waals surface area contributed by atoms with Gasteiger partial charge in [-0.15, -0.1) is 0 Å². The second-order valence-electron chi connectivity index (χ2n) is 3.48. The zero-order chi connectivity index (χ0) is 11.2. The van der Waals surface area contributed by atoms with Crippen LogP contribution >= 0.6 is 7.14 Å². The van der Waals surface area contributed by atoms with Crippen LogP contribution in [-0.2, 0) is 4.57 Å². The van der Waals surface area contributed by atoms with Crippen LogP contribution < -0.4 is 0 Å². The van der Waals surface area contributed by atoms with Crippen molar-refractivity contribution in [3.8, 4) is 0 Å². The Hall–Kier alpha value is -1.15. The number of non-ortho nitro benzene ring substituents is 1. The van der Waals surface area contributed by atoms with E-state index in [0.29, 0.717) is 0 Å². The number of rotatable bonds is 1. The molecule has 5 heteroatoms. The molecule has 4 nitrogen and oxygen atoms in total. The van der Waals surface area contributed by atoms with E-state index in [4.69, 9.17) is 0 Å². The Balaban J connectivity index is 0.000000292. The number of nitro benzene ring substituents is 1. The average Bonchev–Trinajstić information content (AvgIpc) is 2.03. The number of hydrogen-bond donors (Lipinski definition) is 0. The fraction of sp³-hybridized carbons (Fsp3) is 0.333. The number of benzene rings is 1. The van der Waals surface area contributed by atoms with E-state index in [2.05, 4.69) is 0 Å². The summed E-state index contributed by atoms with van der Waals surface area (Å²) in [7, 11) is -1.64. The van der Waals surface area contributed by atoms with E-state index in [1.165, 1.54) is 12.1 Å². The van der Waals surface area contributed by atoms with Crippen molar-refractivity contribution in [1.82, 2.24) is 0 Å². The van der Waals surface area contributed by atoms with Crippen LogP contribution in [0.1, 0.15) is 0 Å². The van der Waals surface area contributed by atoms with Crippen molar-refractivity contribution < 1.29 is 9.49 Å². The molecule has 0 aliphatic rings. The molecular formula is C9H14NO3P. The highest BCUT2D eigenvalue weighted by Crippen LogP contribution is 2.28. The first-order valence-electron chi connectivity index (χ1n) is 4.02. The molecule has 0 aromatic heterocycles. The number of nitro groups is 1. The molecule has 1 rings (SSSR count). The summed E-state index contributed by atoms with van der Waals surface area (Å²) in [5, 5.41) is 10.0. The minimum atomic E-state index is -1.64. The fourth-order valence-electron chi connectivity index (χ4n) is 0.550. The van der Waals surface area contributed by atoms with Crippen molar-refractivity contribution in [1.29, 1.82) is 0 Å². The molecule has 0 atom stereocenters. The van der Waals surface area contributed by atoms with Gasteiger partial charge in [0.1, 0.15) is 0 Å². The van der Waals surface area contributed by atoms with E-state index >= 15 is 0 Å². The second kappa shape index (κ2) is 5.55. The van der Waals surface area contributed by atoms with Crippen molar-refractivity contribution in [3.05, 3.63) is 40.4 Å². The number of para-hydroxylation sites is 1. The maximum Gasteiger partial charge on any atom is 0.269 e. The summed E-state index contributed by atoms with van der Waals surface area (Å²) >= 11 is 0. The molecule has 14 heavy (non-hydrogen) atoms. The van der Waals surface area contributed by atoms with Crippen LogP contribution in [0.15, 0.2) is 30.3 Å². The van der Waals surface area contributed by atoms with Gasteiger partial charge in [0.15, 0.2) is 0 Å². The van der Waals surface area contributed by atoms with Gasteiger partial charge in [-0.25, -0.2) is 0 Å². The van der Waals surface area contributed by atoms with Crippen LogP contribution in [0.4, 0.5) is 5.69 Å². The SMILES string of the molecule is CP(C)(C)=O.O=[N+]([O-])c1ccccc1. The number of hydrogen-bond acceptors (Lipinski definition) is 3. The normalized spacial score (nSPS) is 9.93. The van der Waals surface area contributed by atoms with Crippen molar-refractivity contribution in [2.45, 2.75) is 0 Å². The van der Waals surface area contributed by atoms with Crippen molar-refractivity contribution >= 4 is 12.8 Å². The lowest BCUT2D eigenvalue weighted by Crippen LogP contribution is -1.84. The highest BCUT2D eigenvalue weighted by Gasteiger charge is 1.98. The molecule has 0 aliphatic carbocycles. The highest BCUT2D eigenvalue weighted by molar-refractivity contribution is 7.61. The van der Waals surface area contributed by atoms with E-state index in [1.54, 1.807) is 38.2 Å². The zero-order valence-electron chi connectivity index (χ0n) is 8.51. The first-order chi connectivity index (χ1) is 6.30. The van der Waals surface area contributed by atoms with Crippen LogP contribution in [0.25, 0.3) is 0 Å². The van der Waals surface area contributed by atoms with Gasteiger partial charge in [0.25, 0.3) is 5.69 Å². The third-order valence-electron chi connectivity index (χ3n) is 0.967. The molecule has 0 saturated heterocycles. The van der Waals surface area contributed by atoms with Crippen LogP contribution in [0.2, 0.25) is 0 Å². The topological polar surface area (TPSA) is 60.2 Å². The maximum absolute atomic E-state index is 10.2. The Bertz CT molecular complexity index is 323. The Morgan fingerprint density at radius 2 is 1.50 bits per heavy atom. The lowest BCUT2D eigenvalue weighted by molar-refractivity contribution is -0.384. The zero-order valence-corrected chi connectivity index (χ0v) is 9.40. The summed E-state index contributed by atoms with van der Waals surface area (Å²) in [5.74, 6) is 0. The maximum atomic E-state index is 10.2. The fourth-order valence-corrected chi connectivity index (χ4v) is 0.550. The molecule has 0 saturated carbocycles. The van der Waals surface area contributed by atoms with Crippen LogP contribution in [0, 0.1) is 10.1 Å². The van der Waals surface area contributed by atoms with Crippen LogP contribution in [-0.4, -0.2) is 24.9 Å². The largest absolute Gasteiger partial charge is 0.324 e. The standard InChI is InChI=1S/C6H5NO2.C3H9OP/c8-7(9)6-4-2-1-3-5-6;1-5(2,3)4/h1-5H;1-3H3. The Labute approximate surface area is 83.5 Å². The van der Waals surface area contributed by atoms with Gasteiger partial charge < -0.3 is 4.57 Å². The Morgan fingerprint density at radius 1 is 1.14 bits per heavy atom. The number of nitrogens with zero attached hydrogens (tertiary/aromatic N) is 1. The molecule has 0 fully saturated rings. The molecule has 78 valence electrons. The molecule has 0 amide bonds. The summed E-state index contributed by atoms with van der Waals surface area (Å²) < 4.78 is 10.2. The summed E-state index contributed by atoms with van der Waals surface area (Å²) in [5.41, 5.74) is 0.137. The van der Waals surface area contributed by atoms with E-state index in [9.17, 15) is 14.7 Å². The minimum absolute atomic E-state index is 0.137. The van der Waals surface area contributed by atoms with Gasteiger partial charge in [-0.2, -0.15) is 0 Å². The first kappa shape index (κ1) is 12.8. The van der Waals surface area contributed by atoms with Gasteiger partial charge >= 0.3 is 0 Å². The summed E-state index contributed by atoms with van der Waals surface area (Å²) in [6.45, 7) is 5.23. The van der Waals surface area contributed by atoms with Crippen molar-refractivity contribution in [2.24, 2.45) is 0 Å². The van der Waals surface area contributed by atoms with Gasteiger partial charge in [0, 0.05) is 12.1 Å². The van der Waals surface area contributed by atoms with Gasteiger partial charge in [0.2, 0.25) is 0 Å². The molecule has 0 unspecified atom stereocenters. The molecule has 0 N–H and O–H groups in total. The van der Waals surface area contributed by atoms with Crippen molar-refractivity contribution in [3.63, 3.8) is 0 Å². The van der Waals surface area contributed by atoms with Gasteiger partial charge in [-0.3, -0.25) is 10.1 Å². The predicted octanol–water partition coefficient (Wildman–Crippen LogP) is 2.83. The molecular weight excluding hydrogens is 201 g/mol. The van der Waals surface area contributed by atoms with Crippen LogP contribution in [0.5, 0.6) is 0 Å². The third kappa shape index (κ3) is 8.94. The summed E-state index contributed by atoms with van der Waals surface area (Å²) in [6.07, 6.45) is 0. The summed E-state index contributed by atoms with van der Waals surface area (Å²) in [4.78, 5) is 9.59. The molecule has 0 spiro atoms. The predicted molar refractivity (Wildman–Crippen MR) is 58.5 cm³/mol. The monoisotopic (exact) mass is 215 g/mol. The minimum Gasteiger partial charge on any atom is -0.324 e. The smallest absolute Gasteiger partial charge is 0.269 e. The van der Waals surface area contributed by atoms with E-state index in [1.807, 2.05) is 0 Å². The van der Waals surface area contributed by atoms with Gasteiger partial charge in [-0.1, -0.05) is 18.2 Å². The van der Waals surface area contributed by atoms with E-state index in [-0.39, 0.29) is 5.69 Å². The lowest BCUT2D eigenvalue weighted by atomic mass is 10.3. The third-order valence-corrected chi connectivity index (χ3v) is 0.967. The average molecular weight is 215 g/mol. The molecule has 0 heterocycles. The highest BCUT2D eigenvalue weighted by atomic mass is 31.2. The second-order valence-corrected chi connectivity index (χ2v) is 7.26. The molecule has 1 aromatic rings. The van der Waals surface area contributed by atoms with Gasteiger partial charge in [0.05, 0.1) is 12.1 Å². The van der Waals surface area contributed by atoms with E-state index in [0.717, 1.165) is 0 Å². The van der Waals surface area contributed by atoms with Crippen LogP contribution in [0.3, 0.4) is 0 Å². The Kier molecular flexibility index (Phi) is 5.10. The molecule has 1 aromatic carbocycles. The lowest BCUT2D eigenvalue weighted by Gasteiger charge is -1.86. The quantitative estimate of drug-likeness (QED) is 0.411. The summed E-state index contributed by atoms with van der Waals surface area (Å²) in [6, 6.07) is 7.93. The van der Waals surface area contributed by atoms with Gasteiger partial charge in [-0.05, 0) is 20.0 Å². The Morgan fingerprint density at radius 3 is 1.71 bits per heavy atom.